The van der Waals surface area contributed by atoms with Crippen molar-refractivity contribution in [3.63, 3.8) is 0 Å². The quantitative estimate of drug-likeness (QED) is 0.166. The van der Waals surface area contributed by atoms with Crippen LogP contribution >= 0.6 is 55.1 Å². The largest absolute Gasteiger partial charge is 0.446 e. The molecule has 0 fully saturated rings. The molecule has 12 heteroatoms. The normalized spacial score (nSPS) is 10.4. The molecule has 0 saturated carbocycles. The van der Waals surface area contributed by atoms with Crippen molar-refractivity contribution in [3.05, 3.63) is 122 Å². The maximum atomic E-state index is 12.0. The van der Waals surface area contributed by atoms with Gasteiger partial charge in [-0.25, -0.2) is 9.59 Å². The predicted octanol–water partition coefficient (Wildman–Crippen LogP) is 8.82. The number of benzene rings is 4. The molecule has 4 aromatic rings. The molecule has 214 valence electrons. The van der Waals surface area contributed by atoms with Crippen LogP contribution in [0.4, 0.5) is 9.59 Å². The summed E-state index contributed by atoms with van der Waals surface area (Å²) in [5, 5.41) is 3.85. The zero-order valence-electron chi connectivity index (χ0n) is 21.8. The van der Waals surface area contributed by atoms with Gasteiger partial charge in [-0.2, -0.15) is 11.0 Å². The van der Waals surface area contributed by atoms with Crippen molar-refractivity contribution >= 4 is 67.2 Å². The van der Waals surface area contributed by atoms with Crippen LogP contribution in [0, 0.1) is 0 Å². The molecule has 0 saturated heterocycles. The molecule has 3 amide bonds. The van der Waals surface area contributed by atoms with Gasteiger partial charge in [0.25, 0.3) is 0 Å². The summed E-state index contributed by atoms with van der Waals surface area (Å²) in [5.41, 5.74) is 4.98. The van der Waals surface area contributed by atoms with Crippen LogP contribution in [0.1, 0.15) is 19.4 Å². The monoisotopic (exact) mass is 723 g/mol. The summed E-state index contributed by atoms with van der Waals surface area (Å²) in [6.07, 6.45) is -0.720. The van der Waals surface area contributed by atoms with Crippen LogP contribution in [0.5, 0.6) is 17.2 Å². The Morgan fingerprint density at radius 1 is 0.683 bits per heavy atom. The smallest absolute Gasteiger partial charge is 0.408 e. The molecule has 0 heterocycles. The van der Waals surface area contributed by atoms with Crippen LogP contribution in [0.15, 0.2) is 106 Å². The highest BCUT2D eigenvalue weighted by Crippen LogP contribution is 2.25. The van der Waals surface area contributed by atoms with E-state index in [0.29, 0.717) is 27.3 Å². The summed E-state index contributed by atoms with van der Waals surface area (Å²) < 4.78 is 6.49. The SMILES string of the molecule is CC(C)(NC(=O)NOc1cc(Cl)cc(Br)c1)c1ccccc1.O=C(NOc1cc(Cl)cc(Br)c1)Oc1ccccc1. The van der Waals surface area contributed by atoms with Gasteiger partial charge in [0.05, 0.1) is 5.54 Å². The van der Waals surface area contributed by atoms with Gasteiger partial charge in [-0.1, -0.05) is 104 Å². The second-order valence-electron chi connectivity index (χ2n) is 8.77. The number of hydroxylamine groups is 2. The standard InChI is InChI=1S/C16H16BrClN2O2.C13H9BrClNO3/c1-16(2,11-6-4-3-5-7-11)19-15(21)20-22-14-9-12(17)8-13(18)10-14;14-9-6-10(15)8-12(7-9)19-16-13(17)18-11-4-2-1-3-5-11/h3-10H,1-2H3,(H2,19,20,21);1-8H,(H,16,17). The average molecular weight is 726 g/mol. The molecule has 41 heavy (non-hydrogen) atoms. The minimum Gasteiger partial charge on any atom is -0.408 e. The molecule has 0 aliphatic rings. The summed E-state index contributed by atoms with van der Waals surface area (Å²) in [6, 6.07) is 27.9. The summed E-state index contributed by atoms with van der Waals surface area (Å²) >= 11 is 18.3. The van der Waals surface area contributed by atoms with E-state index in [-0.39, 0.29) is 0 Å². The van der Waals surface area contributed by atoms with Gasteiger partial charge in [-0.15, -0.1) is 0 Å². The Labute approximate surface area is 264 Å². The van der Waals surface area contributed by atoms with E-state index >= 15 is 0 Å². The van der Waals surface area contributed by atoms with Crippen LogP contribution in [-0.4, -0.2) is 12.1 Å². The average Bonchev–Trinajstić information content (AvgIpc) is 2.91. The van der Waals surface area contributed by atoms with E-state index in [1.54, 1.807) is 60.7 Å². The minimum atomic E-state index is -0.720. The maximum absolute atomic E-state index is 12.0. The highest BCUT2D eigenvalue weighted by Gasteiger charge is 2.22. The van der Waals surface area contributed by atoms with Crippen molar-refractivity contribution in [1.82, 2.24) is 16.3 Å². The molecule has 0 aliphatic carbocycles. The first-order valence-corrected chi connectivity index (χ1v) is 14.3. The molecule has 0 bridgehead atoms. The second-order valence-corrected chi connectivity index (χ2v) is 11.5. The number of rotatable bonds is 7. The summed E-state index contributed by atoms with van der Waals surface area (Å²) in [7, 11) is 0. The lowest BCUT2D eigenvalue weighted by Crippen LogP contribution is -2.47. The molecule has 8 nitrogen and oxygen atoms in total. The van der Waals surface area contributed by atoms with Gasteiger partial charge in [-0.05, 0) is 55.8 Å². The number of hydrogen-bond donors (Lipinski definition) is 3. The minimum absolute atomic E-state index is 0.393. The zero-order valence-corrected chi connectivity index (χ0v) is 26.5. The third-order valence-corrected chi connectivity index (χ3v) is 6.41. The van der Waals surface area contributed by atoms with Crippen molar-refractivity contribution in [2.75, 3.05) is 0 Å². The Hall–Kier alpha value is -3.44. The van der Waals surface area contributed by atoms with Gasteiger partial charge in [0, 0.05) is 31.1 Å². The number of amides is 3. The van der Waals surface area contributed by atoms with E-state index in [0.717, 1.165) is 14.5 Å². The van der Waals surface area contributed by atoms with Crippen LogP contribution in [-0.2, 0) is 5.54 Å². The van der Waals surface area contributed by atoms with Crippen molar-refractivity contribution in [3.8, 4) is 17.2 Å². The molecule has 0 atom stereocenters. The van der Waals surface area contributed by atoms with E-state index in [2.05, 4.69) is 48.1 Å². The van der Waals surface area contributed by atoms with Gasteiger partial charge in [0.15, 0.2) is 11.5 Å². The fourth-order valence-electron chi connectivity index (χ4n) is 3.23. The molecular weight excluding hydrogens is 701 g/mol. The molecule has 4 aromatic carbocycles. The van der Waals surface area contributed by atoms with E-state index in [1.165, 1.54) is 0 Å². The van der Waals surface area contributed by atoms with Crippen LogP contribution in [0.25, 0.3) is 0 Å². The lowest BCUT2D eigenvalue weighted by Gasteiger charge is -2.26. The maximum Gasteiger partial charge on any atom is 0.446 e. The van der Waals surface area contributed by atoms with E-state index in [9.17, 15) is 9.59 Å². The number of halogens is 4. The van der Waals surface area contributed by atoms with Crippen molar-refractivity contribution in [1.29, 1.82) is 0 Å². The van der Waals surface area contributed by atoms with Crippen LogP contribution < -0.4 is 30.7 Å². The first kappa shape index (κ1) is 32.1. The highest BCUT2D eigenvalue weighted by molar-refractivity contribution is 9.10. The number of ether oxygens (including phenoxy) is 1. The van der Waals surface area contributed by atoms with Gasteiger partial charge in [0.2, 0.25) is 0 Å². The first-order valence-electron chi connectivity index (χ1n) is 11.9. The Kier molecular flexibility index (Phi) is 12.2. The fourth-order valence-corrected chi connectivity index (χ4v) is 4.89. The lowest BCUT2D eigenvalue weighted by molar-refractivity contribution is 0.141. The lowest BCUT2D eigenvalue weighted by atomic mass is 9.95. The molecule has 0 radical (unpaired) electrons. The Morgan fingerprint density at radius 2 is 1.17 bits per heavy atom. The molecule has 0 spiro atoms. The fraction of sp³-hybridized carbons (Fsp3) is 0.103. The Bertz CT molecular complexity index is 1420. The van der Waals surface area contributed by atoms with Gasteiger partial charge >= 0.3 is 12.1 Å². The van der Waals surface area contributed by atoms with Gasteiger partial charge in [-0.3, -0.25) is 0 Å². The summed E-state index contributed by atoms with van der Waals surface area (Å²) in [6.45, 7) is 3.83. The molecular formula is C29H25Br2Cl2N3O5. The number of nitrogens with one attached hydrogen (secondary N) is 3. The number of hydrogen-bond acceptors (Lipinski definition) is 5. The summed E-state index contributed by atoms with van der Waals surface area (Å²) in [5.74, 6) is 1.26. The third-order valence-electron chi connectivity index (χ3n) is 5.06. The van der Waals surface area contributed by atoms with Gasteiger partial charge in [0.1, 0.15) is 5.75 Å². The number of carbonyl (C=O) groups is 2. The van der Waals surface area contributed by atoms with Crippen LogP contribution in [0.2, 0.25) is 10.0 Å². The van der Waals surface area contributed by atoms with Crippen molar-refractivity contribution in [2.24, 2.45) is 0 Å². The van der Waals surface area contributed by atoms with E-state index in [1.807, 2.05) is 50.2 Å². The highest BCUT2D eigenvalue weighted by atomic mass is 79.9. The van der Waals surface area contributed by atoms with Crippen molar-refractivity contribution < 1.29 is 24.0 Å². The molecule has 0 aliphatic heterocycles. The third kappa shape index (κ3) is 11.5. The van der Waals surface area contributed by atoms with Crippen molar-refractivity contribution in [2.45, 2.75) is 19.4 Å². The topological polar surface area (TPSA) is 97.9 Å². The predicted molar refractivity (Wildman–Crippen MR) is 166 cm³/mol. The van der Waals surface area contributed by atoms with Crippen LogP contribution in [0.3, 0.4) is 0 Å². The Balaban J connectivity index is 0.000000228. The second kappa shape index (κ2) is 15.5. The number of para-hydroxylation sites is 1. The summed E-state index contributed by atoms with van der Waals surface area (Å²) in [4.78, 5) is 33.7. The molecule has 3 N–H and O–H groups in total. The molecule has 0 aromatic heterocycles. The molecule has 4 rings (SSSR count). The van der Waals surface area contributed by atoms with Gasteiger partial charge < -0.3 is 19.7 Å². The Morgan fingerprint density at radius 3 is 1.68 bits per heavy atom. The first-order chi connectivity index (χ1) is 19.5. The number of carbonyl (C=O) groups excluding carboxylic acids is 2. The zero-order chi connectivity index (χ0) is 29.8. The van der Waals surface area contributed by atoms with E-state index < -0.39 is 17.7 Å². The number of urea groups is 1. The molecule has 0 unspecified atom stereocenters. The van der Waals surface area contributed by atoms with E-state index in [4.69, 9.17) is 37.6 Å².